The zero-order chi connectivity index (χ0) is 11.5. The van der Waals surface area contributed by atoms with Crippen LogP contribution >= 0.6 is 0 Å². The highest BCUT2D eigenvalue weighted by Crippen LogP contribution is 2.21. The summed E-state index contributed by atoms with van der Waals surface area (Å²) in [7, 11) is 3.87. The first-order valence-corrected chi connectivity index (χ1v) is 5.39. The summed E-state index contributed by atoms with van der Waals surface area (Å²) >= 11 is 0. The molecule has 2 aromatic heterocycles. The Morgan fingerprint density at radius 2 is 2.38 bits per heavy atom. The number of aromatic nitrogens is 2. The molecule has 0 saturated heterocycles. The SMILES string of the molecule is CNC(Cc1cnn(C)c1)c1occc1C. The number of aryl methyl sites for hydroxylation is 2. The molecule has 0 spiro atoms. The summed E-state index contributed by atoms with van der Waals surface area (Å²) in [6.45, 7) is 2.06. The van der Waals surface area contributed by atoms with Crippen LogP contribution in [0.15, 0.2) is 29.1 Å². The first-order valence-electron chi connectivity index (χ1n) is 5.39. The smallest absolute Gasteiger partial charge is 0.123 e. The van der Waals surface area contributed by atoms with Crippen molar-refractivity contribution in [3.8, 4) is 0 Å². The number of nitrogens with one attached hydrogen (secondary N) is 1. The van der Waals surface area contributed by atoms with Gasteiger partial charge in [0.15, 0.2) is 0 Å². The molecule has 2 aromatic rings. The number of hydrogen-bond acceptors (Lipinski definition) is 3. The Morgan fingerprint density at radius 1 is 1.56 bits per heavy atom. The van der Waals surface area contributed by atoms with Crippen molar-refractivity contribution in [2.75, 3.05) is 7.05 Å². The average molecular weight is 219 g/mol. The van der Waals surface area contributed by atoms with Crippen molar-refractivity contribution in [2.24, 2.45) is 7.05 Å². The predicted octanol–water partition coefficient (Wildman–Crippen LogP) is 1.82. The quantitative estimate of drug-likeness (QED) is 0.853. The monoisotopic (exact) mass is 219 g/mol. The maximum Gasteiger partial charge on any atom is 0.123 e. The van der Waals surface area contributed by atoms with E-state index in [9.17, 15) is 0 Å². The van der Waals surface area contributed by atoms with Crippen LogP contribution in [0.2, 0.25) is 0 Å². The molecule has 1 atom stereocenters. The van der Waals surface area contributed by atoms with Crippen LogP contribution in [0.5, 0.6) is 0 Å². The summed E-state index contributed by atoms with van der Waals surface area (Å²) in [5.74, 6) is 1.01. The second kappa shape index (κ2) is 4.53. The molecule has 2 rings (SSSR count). The van der Waals surface area contributed by atoms with E-state index in [4.69, 9.17) is 4.42 Å². The Balaban J connectivity index is 2.15. The van der Waals surface area contributed by atoms with Crippen LogP contribution in [0.1, 0.15) is 22.9 Å². The van der Waals surface area contributed by atoms with Crippen LogP contribution in [0, 0.1) is 6.92 Å². The van der Waals surface area contributed by atoms with Crippen molar-refractivity contribution >= 4 is 0 Å². The standard InChI is InChI=1S/C12H17N3O/c1-9-4-5-16-12(9)11(13-2)6-10-7-14-15(3)8-10/h4-5,7-8,11,13H,6H2,1-3H3. The molecule has 1 unspecified atom stereocenters. The van der Waals surface area contributed by atoms with Crippen molar-refractivity contribution in [1.29, 1.82) is 0 Å². The number of furan rings is 1. The molecule has 1 N–H and O–H groups in total. The summed E-state index contributed by atoms with van der Waals surface area (Å²) in [5, 5.41) is 7.44. The largest absolute Gasteiger partial charge is 0.467 e. The average Bonchev–Trinajstić information content (AvgIpc) is 2.84. The Morgan fingerprint density at radius 3 is 2.88 bits per heavy atom. The normalized spacial score (nSPS) is 12.9. The number of nitrogens with zero attached hydrogens (tertiary/aromatic N) is 2. The number of rotatable bonds is 4. The summed E-state index contributed by atoms with van der Waals surface area (Å²) < 4.78 is 7.32. The Bertz CT molecular complexity index is 458. The van der Waals surface area contributed by atoms with E-state index in [0.717, 1.165) is 12.2 Å². The molecule has 0 fully saturated rings. The predicted molar refractivity (Wildman–Crippen MR) is 62.2 cm³/mol. The topological polar surface area (TPSA) is 43.0 Å². The van der Waals surface area contributed by atoms with Gasteiger partial charge in [0.25, 0.3) is 0 Å². The van der Waals surface area contributed by atoms with Gasteiger partial charge in [-0.05, 0) is 37.6 Å². The van der Waals surface area contributed by atoms with Crippen LogP contribution in [0.25, 0.3) is 0 Å². The first kappa shape index (κ1) is 11.0. The van der Waals surface area contributed by atoms with Gasteiger partial charge in [0.05, 0.1) is 18.5 Å². The van der Waals surface area contributed by atoms with Gasteiger partial charge in [0.2, 0.25) is 0 Å². The zero-order valence-corrected chi connectivity index (χ0v) is 9.90. The highest BCUT2D eigenvalue weighted by molar-refractivity contribution is 5.20. The third-order valence-corrected chi connectivity index (χ3v) is 2.76. The third kappa shape index (κ3) is 2.17. The van der Waals surface area contributed by atoms with E-state index in [1.807, 2.05) is 37.2 Å². The molecule has 86 valence electrons. The molecule has 16 heavy (non-hydrogen) atoms. The summed E-state index contributed by atoms with van der Waals surface area (Å²) in [6, 6.07) is 2.20. The van der Waals surface area contributed by atoms with E-state index in [1.165, 1.54) is 11.1 Å². The molecule has 4 nitrogen and oxygen atoms in total. The van der Waals surface area contributed by atoms with E-state index >= 15 is 0 Å². The van der Waals surface area contributed by atoms with Gasteiger partial charge >= 0.3 is 0 Å². The minimum absolute atomic E-state index is 0.208. The van der Waals surface area contributed by atoms with Crippen molar-refractivity contribution in [3.63, 3.8) is 0 Å². The number of likely N-dealkylation sites (N-methyl/N-ethyl adjacent to an activating group) is 1. The van der Waals surface area contributed by atoms with Gasteiger partial charge in [-0.3, -0.25) is 4.68 Å². The third-order valence-electron chi connectivity index (χ3n) is 2.76. The molecule has 0 amide bonds. The zero-order valence-electron chi connectivity index (χ0n) is 9.90. The second-order valence-electron chi connectivity index (χ2n) is 4.04. The first-order chi connectivity index (χ1) is 7.70. The Labute approximate surface area is 95.3 Å². The molecular formula is C12H17N3O. The molecule has 0 aliphatic rings. The van der Waals surface area contributed by atoms with E-state index < -0.39 is 0 Å². The highest BCUT2D eigenvalue weighted by Gasteiger charge is 2.16. The van der Waals surface area contributed by atoms with Crippen LogP contribution in [0.4, 0.5) is 0 Å². The molecule has 0 saturated carbocycles. The minimum Gasteiger partial charge on any atom is -0.467 e. The van der Waals surface area contributed by atoms with Gasteiger partial charge in [-0.2, -0.15) is 5.10 Å². The van der Waals surface area contributed by atoms with Crippen molar-refractivity contribution in [3.05, 3.63) is 41.6 Å². The van der Waals surface area contributed by atoms with Crippen LogP contribution in [-0.4, -0.2) is 16.8 Å². The van der Waals surface area contributed by atoms with Crippen LogP contribution in [-0.2, 0) is 13.5 Å². The highest BCUT2D eigenvalue weighted by atomic mass is 16.3. The molecule has 0 bridgehead atoms. The lowest BCUT2D eigenvalue weighted by atomic mass is 10.0. The van der Waals surface area contributed by atoms with Crippen molar-refractivity contribution in [1.82, 2.24) is 15.1 Å². The lowest BCUT2D eigenvalue weighted by Gasteiger charge is -2.13. The molecule has 0 aromatic carbocycles. The molecule has 0 aliphatic carbocycles. The molecular weight excluding hydrogens is 202 g/mol. The van der Waals surface area contributed by atoms with Crippen LogP contribution in [0.3, 0.4) is 0 Å². The number of hydrogen-bond donors (Lipinski definition) is 1. The fraction of sp³-hybridized carbons (Fsp3) is 0.417. The molecule has 4 heteroatoms. The van der Waals surface area contributed by atoms with Gasteiger partial charge in [-0.15, -0.1) is 0 Å². The minimum atomic E-state index is 0.208. The fourth-order valence-electron chi connectivity index (χ4n) is 1.88. The maximum absolute atomic E-state index is 5.51. The molecule has 0 aliphatic heterocycles. The Hall–Kier alpha value is -1.55. The van der Waals surface area contributed by atoms with E-state index in [2.05, 4.69) is 17.3 Å². The van der Waals surface area contributed by atoms with E-state index in [1.54, 1.807) is 6.26 Å². The van der Waals surface area contributed by atoms with Crippen LogP contribution < -0.4 is 5.32 Å². The lowest BCUT2D eigenvalue weighted by Crippen LogP contribution is -2.18. The van der Waals surface area contributed by atoms with Gasteiger partial charge < -0.3 is 9.73 Å². The van der Waals surface area contributed by atoms with E-state index in [0.29, 0.717) is 0 Å². The van der Waals surface area contributed by atoms with Crippen molar-refractivity contribution < 1.29 is 4.42 Å². The Kier molecular flexibility index (Phi) is 3.10. The van der Waals surface area contributed by atoms with Gasteiger partial charge in [-0.1, -0.05) is 0 Å². The molecule has 0 radical (unpaired) electrons. The fourth-order valence-corrected chi connectivity index (χ4v) is 1.88. The van der Waals surface area contributed by atoms with E-state index in [-0.39, 0.29) is 6.04 Å². The summed E-state index contributed by atoms with van der Waals surface area (Å²) in [4.78, 5) is 0. The summed E-state index contributed by atoms with van der Waals surface area (Å²) in [5.41, 5.74) is 2.39. The second-order valence-corrected chi connectivity index (χ2v) is 4.04. The lowest BCUT2D eigenvalue weighted by molar-refractivity contribution is 0.426. The van der Waals surface area contributed by atoms with Gasteiger partial charge in [-0.25, -0.2) is 0 Å². The maximum atomic E-state index is 5.51. The van der Waals surface area contributed by atoms with Gasteiger partial charge in [0, 0.05) is 13.2 Å². The van der Waals surface area contributed by atoms with Crippen molar-refractivity contribution in [2.45, 2.75) is 19.4 Å². The summed E-state index contributed by atoms with van der Waals surface area (Å²) in [6.07, 6.45) is 6.54. The van der Waals surface area contributed by atoms with Gasteiger partial charge in [0.1, 0.15) is 5.76 Å². The molecule has 2 heterocycles.